The molecule has 0 fully saturated rings. The number of rotatable bonds is 1. The molecule has 0 aliphatic rings. The molecule has 0 aliphatic carbocycles. The highest BCUT2D eigenvalue weighted by Crippen LogP contribution is 2.23. The van der Waals surface area contributed by atoms with Crippen LogP contribution in [0.4, 0.5) is 0 Å². The molecule has 62 valence electrons. The molecule has 1 heterocycles. The third-order valence-corrected chi connectivity index (χ3v) is 2.83. The number of hydrogen-bond acceptors (Lipinski definition) is 3. The van der Waals surface area contributed by atoms with Gasteiger partial charge in [0, 0.05) is 0 Å². The Labute approximate surface area is 78.8 Å². The molecule has 12 heavy (non-hydrogen) atoms. The molecule has 0 atom stereocenters. The molecule has 1 aromatic carbocycles. The van der Waals surface area contributed by atoms with Gasteiger partial charge in [0.05, 0.1) is 17.3 Å². The Balaban J connectivity index is 2.74. The largest absolute Gasteiger partial charge is 0.497 e. The Hall–Kier alpha value is -0.870. The molecule has 0 saturated heterocycles. The second-order valence-corrected chi connectivity index (χ2v) is 4.10. The van der Waals surface area contributed by atoms with E-state index in [2.05, 4.69) is 4.98 Å². The summed E-state index contributed by atoms with van der Waals surface area (Å²) in [7, 11) is 1.66. The smallest absolute Gasteiger partial charge is 0.159 e. The Morgan fingerprint density at radius 3 is 3.08 bits per heavy atom. The summed E-state index contributed by atoms with van der Waals surface area (Å²) in [5.74, 6) is 0.868. The van der Waals surface area contributed by atoms with E-state index >= 15 is 0 Å². The number of thiazole rings is 1. The summed E-state index contributed by atoms with van der Waals surface area (Å²) >= 11 is 6.58. The lowest BCUT2D eigenvalue weighted by Gasteiger charge is -1.96. The van der Waals surface area contributed by atoms with Crippen LogP contribution in [-0.4, -0.2) is 12.1 Å². The molecule has 0 aliphatic heterocycles. The fraction of sp³-hybridized carbons (Fsp3) is 0.125. The summed E-state index contributed by atoms with van der Waals surface area (Å²) in [6.45, 7) is 0. The van der Waals surface area contributed by atoms with Gasteiger partial charge in [-0.3, -0.25) is 0 Å². The van der Waals surface area contributed by atoms with Crippen molar-refractivity contribution in [2.45, 2.75) is 0 Å². The zero-order valence-corrected chi connectivity index (χ0v) is 8.09. The maximum atomic E-state index is 5.09. The number of nitrogens with one attached hydrogen (secondary N) is 1. The number of hydrogen-bond donors (Lipinski definition) is 1. The minimum atomic E-state index is 0.804. The van der Waals surface area contributed by atoms with E-state index in [1.54, 1.807) is 18.4 Å². The fourth-order valence-corrected chi connectivity index (χ4v) is 2.20. The third-order valence-electron chi connectivity index (χ3n) is 1.63. The van der Waals surface area contributed by atoms with Crippen LogP contribution in [0.2, 0.25) is 0 Å². The molecule has 4 heteroatoms. The highest BCUT2D eigenvalue weighted by atomic mass is 32.1. The summed E-state index contributed by atoms with van der Waals surface area (Å²) in [5.41, 5.74) is 1.07. The van der Waals surface area contributed by atoms with Gasteiger partial charge in [-0.15, -0.1) is 11.3 Å². The summed E-state index contributed by atoms with van der Waals surface area (Å²) < 4.78 is 7.03. The van der Waals surface area contributed by atoms with Gasteiger partial charge >= 0.3 is 0 Å². The molecular weight excluding hydrogens is 190 g/mol. The van der Waals surface area contributed by atoms with Crippen LogP contribution in [0.5, 0.6) is 5.75 Å². The van der Waals surface area contributed by atoms with E-state index in [-0.39, 0.29) is 0 Å². The van der Waals surface area contributed by atoms with Gasteiger partial charge in [0.15, 0.2) is 3.95 Å². The Kier molecular flexibility index (Phi) is 1.86. The molecule has 0 spiro atoms. The number of aromatic amines is 1. The minimum absolute atomic E-state index is 0.804. The zero-order valence-electron chi connectivity index (χ0n) is 6.46. The van der Waals surface area contributed by atoms with Gasteiger partial charge < -0.3 is 9.72 Å². The van der Waals surface area contributed by atoms with Crippen LogP contribution in [-0.2, 0) is 0 Å². The second kappa shape index (κ2) is 2.88. The Bertz CT molecular complexity index is 457. The molecule has 1 aromatic heterocycles. The van der Waals surface area contributed by atoms with Crippen molar-refractivity contribution in [1.29, 1.82) is 0 Å². The van der Waals surface area contributed by atoms with E-state index in [1.807, 2.05) is 18.2 Å². The van der Waals surface area contributed by atoms with Gasteiger partial charge in [0.25, 0.3) is 0 Å². The maximum Gasteiger partial charge on any atom is 0.159 e. The lowest BCUT2D eigenvalue weighted by Crippen LogP contribution is -1.80. The van der Waals surface area contributed by atoms with Crippen molar-refractivity contribution in [3.05, 3.63) is 22.2 Å². The average Bonchev–Trinajstić information content (AvgIpc) is 2.43. The number of methoxy groups -OCH3 is 1. The van der Waals surface area contributed by atoms with Crippen LogP contribution in [0, 0.1) is 3.95 Å². The van der Waals surface area contributed by atoms with Crippen LogP contribution in [0.3, 0.4) is 0 Å². The molecule has 2 rings (SSSR count). The van der Waals surface area contributed by atoms with E-state index in [9.17, 15) is 0 Å². The standard InChI is InChI=1S/C8H7NOS2/c1-10-5-2-3-6-7(4-5)12-8(11)9-6/h2-4H,1H3,(H,9,11). The lowest BCUT2D eigenvalue weighted by atomic mass is 10.3. The molecule has 0 unspecified atom stereocenters. The first-order valence-corrected chi connectivity index (χ1v) is 4.69. The van der Waals surface area contributed by atoms with E-state index < -0.39 is 0 Å². The maximum absolute atomic E-state index is 5.09. The van der Waals surface area contributed by atoms with Crippen LogP contribution in [0.15, 0.2) is 18.2 Å². The molecule has 0 radical (unpaired) electrons. The van der Waals surface area contributed by atoms with Gasteiger partial charge in [0.1, 0.15) is 5.75 Å². The third kappa shape index (κ3) is 1.23. The quantitative estimate of drug-likeness (QED) is 0.711. The normalized spacial score (nSPS) is 10.4. The van der Waals surface area contributed by atoms with E-state index in [4.69, 9.17) is 17.0 Å². The highest BCUT2D eigenvalue weighted by molar-refractivity contribution is 7.73. The van der Waals surface area contributed by atoms with Crippen LogP contribution < -0.4 is 4.74 Å². The summed E-state index contributed by atoms with van der Waals surface area (Å²) in [6.07, 6.45) is 0. The molecular formula is C8H7NOS2. The van der Waals surface area contributed by atoms with Gasteiger partial charge in [-0.25, -0.2) is 0 Å². The number of ether oxygens (including phenoxy) is 1. The topological polar surface area (TPSA) is 25.0 Å². The Morgan fingerprint density at radius 2 is 2.33 bits per heavy atom. The monoisotopic (exact) mass is 197 g/mol. The highest BCUT2D eigenvalue weighted by Gasteiger charge is 1.97. The molecule has 0 bridgehead atoms. The average molecular weight is 197 g/mol. The molecule has 0 saturated carbocycles. The van der Waals surface area contributed by atoms with Crippen LogP contribution in [0.25, 0.3) is 10.2 Å². The number of H-pyrrole nitrogens is 1. The molecule has 0 amide bonds. The summed E-state index contributed by atoms with van der Waals surface area (Å²) in [4.78, 5) is 3.09. The number of fused-ring (bicyclic) bond motifs is 1. The van der Waals surface area contributed by atoms with Crippen molar-refractivity contribution in [2.75, 3.05) is 7.11 Å². The first-order valence-electron chi connectivity index (χ1n) is 3.46. The van der Waals surface area contributed by atoms with E-state index in [1.165, 1.54) is 0 Å². The SMILES string of the molecule is COc1ccc2[nH]c(=S)sc2c1. The summed E-state index contributed by atoms with van der Waals surface area (Å²) in [5, 5.41) is 0. The Morgan fingerprint density at radius 1 is 1.50 bits per heavy atom. The van der Waals surface area contributed by atoms with Gasteiger partial charge in [-0.05, 0) is 30.4 Å². The molecule has 2 nitrogen and oxygen atoms in total. The lowest BCUT2D eigenvalue weighted by molar-refractivity contribution is 0.415. The van der Waals surface area contributed by atoms with Crippen molar-refractivity contribution in [3.63, 3.8) is 0 Å². The molecule has 2 aromatic rings. The number of aromatic nitrogens is 1. The second-order valence-electron chi connectivity index (χ2n) is 2.38. The van der Waals surface area contributed by atoms with Crippen LogP contribution in [0.1, 0.15) is 0 Å². The predicted molar refractivity (Wildman–Crippen MR) is 53.6 cm³/mol. The van der Waals surface area contributed by atoms with Gasteiger partial charge in [0.2, 0.25) is 0 Å². The number of benzene rings is 1. The van der Waals surface area contributed by atoms with Crippen molar-refractivity contribution in [2.24, 2.45) is 0 Å². The van der Waals surface area contributed by atoms with Crippen molar-refractivity contribution >= 4 is 33.8 Å². The predicted octanol–water partition coefficient (Wildman–Crippen LogP) is 2.97. The van der Waals surface area contributed by atoms with Crippen molar-refractivity contribution in [1.82, 2.24) is 4.98 Å². The first kappa shape index (κ1) is 7.76. The van der Waals surface area contributed by atoms with E-state index in [0.29, 0.717) is 0 Å². The molecule has 1 N–H and O–H groups in total. The van der Waals surface area contributed by atoms with Crippen molar-refractivity contribution in [3.8, 4) is 5.75 Å². The van der Waals surface area contributed by atoms with Gasteiger partial charge in [-0.1, -0.05) is 0 Å². The summed E-state index contributed by atoms with van der Waals surface area (Å²) in [6, 6.07) is 5.87. The zero-order chi connectivity index (χ0) is 8.55. The van der Waals surface area contributed by atoms with Gasteiger partial charge in [-0.2, -0.15) is 0 Å². The first-order chi connectivity index (χ1) is 5.79. The van der Waals surface area contributed by atoms with Crippen LogP contribution >= 0.6 is 23.6 Å². The fourth-order valence-electron chi connectivity index (χ4n) is 1.05. The minimum Gasteiger partial charge on any atom is -0.497 e. The van der Waals surface area contributed by atoms with E-state index in [0.717, 1.165) is 19.9 Å². The van der Waals surface area contributed by atoms with Crippen molar-refractivity contribution < 1.29 is 4.74 Å².